The summed E-state index contributed by atoms with van der Waals surface area (Å²) in [6.07, 6.45) is 0. The number of hydrogen-bond acceptors (Lipinski definition) is 1. The molecule has 1 atom stereocenters. The van der Waals surface area contributed by atoms with Crippen LogP contribution >= 0.6 is 27.5 Å². The quantitative estimate of drug-likeness (QED) is 0.809. The van der Waals surface area contributed by atoms with Crippen LogP contribution in [0, 0.1) is 6.92 Å². The van der Waals surface area contributed by atoms with Crippen molar-refractivity contribution in [1.82, 2.24) is 0 Å². The standard InChI is InChI=1S/C15H13BrClNO/c1-10-7-8-12(9-13(10)16)18-15(19)14(17)11-5-3-2-4-6-11/h2-9,14H,1H3,(H,18,19). The van der Waals surface area contributed by atoms with Crippen LogP contribution in [0.3, 0.4) is 0 Å². The first-order valence-electron chi connectivity index (χ1n) is 5.84. The van der Waals surface area contributed by atoms with Crippen LogP contribution in [0.15, 0.2) is 53.0 Å². The van der Waals surface area contributed by atoms with E-state index in [4.69, 9.17) is 11.6 Å². The summed E-state index contributed by atoms with van der Waals surface area (Å²) in [5, 5.41) is 2.11. The smallest absolute Gasteiger partial charge is 0.246 e. The van der Waals surface area contributed by atoms with Crippen molar-refractivity contribution in [2.75, 3.05) is 5.32 Å². The lowest BCUT2D eigenvalue weighted by atomic mass is 10.1. The maximum atomic E-state index is 12.1. The van der Waals surface area contributed by atoms with E-state index >= 15 is 0 Å². The Kier molecular flexibility index (Phi) is 4.61. The molecule has 0 heterocycles. The van der Waals surface area contributed by atoms with E-state index in [1.807, 2.05) is 55.5 Å². The van der Waals surface area contributed by atoms with Crippen LogP contribution in [0.25, 0.3) is 0 Å². The number of hydrogen-bond donors (Lipinski definition) is 1. The van der Waals surface area contributed by atoms with Gasteiger partial charge in [-0.3, -0.25) is 4.79 Å². The molecule has 0 aliphatic rings. The molecule has 0 fully saturated rings. The first kappa shape index (κ1) is 14.1. The Labute approximate surface area is 125 Å². The molecule has 1 N–H and O–H groups in total. The summed E-state index contributed by atoms with van der Waals surface area (Å²) in [6, 6.07) is 14.9. The zero-order chi connectivity index (χ0) is 13.8. The van der Waals surface area contributed by atoms with Crippen molar-refractivity contribution in [3.8, 4) is 0 Å². The number of amides is 1. The molecule has 0 bridgehead atoms. The van der Waals surface area contributed by atoms with E-state index in [0.29, 0.717) is 0 Å². The van der Waals surface area contributed by atoms with Gasteiger partial charge in [0.05, 0.1) is 0 Å². The fraction of sp³-hybridized carbons (Fsp3) is 0.133. The Morgan fingerprint density at radius 1 is 1.21 bits per heavy atom. The maximum absolute atomic E-state index is 12.1. The number of halogens is 2. The van der Waals surface area contributed by atoms with Crippen molar-refractivity contribution in [3.05, 3.63) is 64.1 Å². The third kappa shape index (κ3) is 3.58. The van der Waals surface area contributed by atoms with Crippen LogP contribution in [0.4, 0.5) is 5.69 Å². The molecule has 0 saturated carbocycles. The number of rotatable bonds is 3. The van der Waals surface area contributed by atoms with Crippen LogP contribution < -0.4 is 5.32 Å². The van der Waals surface area contributed by atoms with Crippen molar-refractivity contribution < 1.29 is 4.79 Å². The highest BCUT2D eigenvalue weighted by atomic mass is 79.9. The van der Waals surface area contributed by atoms with Crippen molar-refractivity contribution in [3.63, 3.8) is 0 Å². The molecule has 1 unspecified atom stereocenters. The molecule has 2 aromatic carbocycles. The second-order valence-electron chi connectivity index (χ2n) is 4.23. The van der Waals surface area contributed by atoms with Gasteiger partial charge in [0.25, 0.3) is 0 Å². The Balaban J connectivity index is 2.10. The molecule has 0 aliphatic heterocycles. The lowest BCUT2D eigenvalue weighted by Gasteiger charge is -2.11. The van der Waals surface area contributed by atoms with E-state index in [0.717, 1.165) is 21.3 Å². The number of alkyl halides is 1. The summed E-state index contributed by atoms with van der Waals surface area (Å²) in [6.45, 7) is 1.99. The summed E-state index contributed by atoms with van der Waals surface area (Å²) in [5.41, 5.74) is 2.63. The van der Waals surface area contributed by atoms with Gasteiger partial charge in [0, 0.05) is 10.2 Å². The molecule has 0 saturated heterocycles. The van der Waals surface area contributed by atoms with Gasteiger partial charge in [-0.15, -0.1) is 11.6 Å². The highest BCUT2D eigenvalue weighted by molar-refractivity contribution is 9.10. The van der Waals surface area contributed by atoms with Crippen molar-refractivity contribution in [2.24, 2.45) is 0 Å². The number of benzene rings is 2. The van der Waals surface area contributed by atoms with E-state index in [1.165, 1.54) is 0 Å². The van der Waals surface area contributed by atoms with Crippen LogP contribution in [0.2, 0.25) is 0 Å². The zero-order valence-corrected chi connectivity index (χ0v) is 12.7. The predicted molar refractivity (Wildman–Crippen MR) is 82.5 cm³/mol. The van der Waals surface area contributed by atoms with Gasteiger partial charge in [-0.25, -0.2) is 0 Å². The molecular weight excluding hydrogens is 326 g/mol. The predicted octanol–water partition coefficient (Wildman–Crippen LogP) is 4.68. The van der Waals surface area contributed by atoms with E-state index in [2.05, 4.69) is 21.2 Å². The molecule has 0 spiro atoms. The molecule has 1 amide bonds. The monoisotopic (exact) mass is 337 g/mol. The summed E-state index contributed by atoms with van der Waals surface area (Å²) < 4.78 is 0.955. The van der Waals surface area contributed by atoms with Crippen LogP contribution in [0.1, 0.15) is 16.5 Å². The SMILES string of the molecule is Cc1ccc(NC(=O)C(Cl)c2ccccc2)cc1Br. The molecule has 4 heteroatoms. The third-order valence-electron chi connectivity index (χ3n) is 2.76. The summed E-state index contributed by atoms with van der Waals surface area (Å²) >= 11 is 9.59. The topological polar surface area (TPSA) is 29.1 Å². The number of carbonyl (C=O) groups excluding carboxylic acids is 1. The van der Waals surface area contributed by atoms with Gasteiger partial charge in [-0.05, 0) is 30.2 Å². The van der Waals surface area contributed by atoms with Gasteiger partial charge < -0.3 is 5.32 Å². The second kappa shape index (κ2) is 6.22. The lowest BCUT2D eigenvalue weighted by molar-refractivity contribution is -0.116. The minimum atomic E-state index is -0.693. The fourth-order valence-corrected chi connectivity index (χ4v) is 2.23. The number of aryl methyl sites for hydroxylation is 1. The number of nitrogens with one attached hydrogen (secondary N) is 1. The molecule has 0 aliphatic carbocycles. The minimum absolute atomic E-state index is 0.233. The average molecular weight is 339 g/mol. The lowest BCUT2D eigenvalue weighted by Crippen LogP contribution is -2.17. The first-order chi connectivity index (χ1) is 9.08. The van der Waals surface area contributed by atoms with Gasteiger partial charge in [0.1, 0.15) is 5.38 Å². The molecule has 2 nitrogen and oxygen atoms in total. The van der Waals surface area contributed by atoms with Crippen LogP contribution in [0.5, 0.6) is 0 Å². The molecule has 0 radical (unpaired) electrons. The molecule has 98 valence electrons. The van der Waals surface area contributed by atoms with Crippen molar-refractivity contribution >= 4 is 39.1 Å². The van der Waals surface area contributed by atoms with Gasteiger partial charge in [0.15, 0.2) is 0 Å². The average Bonchev–Trinajstić information content (AvgIpc) is 2.43. The van der Waals surface area contributed by atoms with Gasteiger partial charge in [-0.1, -0.05) is 52.3 Å². The van der Waals surface area contributed by atoms with Gasteiger partial charge in [-0.2, -0.15) is 0 Å². The maximum Gasteiger partial charge on any atom is 0.246 e. The van der Waals surface area contributed by atoms with Crippen LogP contribution in [-0.4, -0.2) is 5.91 Å². The Bertz CT molecular complexity index is 586. The van der Waals surface area contributed by atoms with E-state index in [-0.39, 0.29) is 5.91 Å². The van der Waals surface area contributed by atoms with Gasteiger partial charge in [0.2, 0.25) is 5.91 Å². The van der Waals surface area contributed by atoms with Crippen molar-refractivity contribution in [1.29, 1.82) is 0 Å². The third-order valence-corrected chi connectivity index (χ3v) is 4.07. The fourth-order valence-electron chi connectivity index (χ4n) is 1.65. The Morgan fingerprint density at radius 2 is 1.89 bits per heavy atom. The normalized spacial score (nSPS) is 11.9. The van der Waals surface area contributed by atoms with Crippen LogP contribution in [-0.2, 0) is 4.79 Å². The Morgan fingerprint density at radius 3 is 2.53 bits per heavy atom. The highest BCUT2D eigenvalue weighted by Crippen LogP contribution is 2.24. The highest BCUT2D eigenvalue weighted by Gasteiger charge is 2.17. The molecule has 0 aromatic heterocycles. The molecule has 2 rings (SSSR count). The Hall–Kier alpha value is -1.32. The van der Waals surface area contributed by atoms with Crippen molar-refractivity contribution in [2.45, 2.75) is 12.3 Å². The second-order valence-corrected chi connectivity index (χ2v) is 5.52. The van der Waals surface area contributed by atoms with Gasteiger partial charge >= 0.3 is 0 Å². The number of anilines is 1. The zero-order valence-electron chi connectivity index (χ0n) is 10.4. The molecule has 19 heavy (non-hydrogen) atoms. The molecule has 2 aromatic rings. The minimum Gasteiger partial charge on any atom is -0.324 e. The molecular formula is C15H13BrClNO. The summed E-state index contributed by atoms with van der Waals surface area (Å²) in [4.78, 5) is 12.1. The van der Waals surface area contributed by atoms with E-state index < -0.39 is 5.38 Å². The number of carbonyl (C=O) groups is 1. The largest absolute Gasteiger partial charge is 0.324 e. The van der Waals surface area contributed by atoms with E-state index in [9.17, 15) is 4.79 Å². The first-order valence-corrected chi connectivity index (χ1v) is 7.07. The van der Waals surface area contributed by atoms with E-state index in [1.54, 1.807) is 0 Å². The summed E-state index contributed by atoms with van der Waals surface area (Å²) in [5.74, 6) is -0.233. The summed E-state index contributed by atoms with van der Waals surface area (Å²) in [7, 11) is 0.